The Morgan fingerprint density at radius 2 is 2.14 bits per heavy atom. The molecular formula is C22H27N5O2. The van der Waals surface area contributed by atoms with Crippen LogP contribution in [0.5, 0.6) is 0 Å². The number of H-pyrrole nitrogens is 1. The number of hydrogen-bond donors (Lipinski definition) is 1. The molecule has 0 amide bonds. The zero-order valence-electron chi connectivity index (χ0n) is 16.8. The molecule has 0 unspecified atom stereocenters. The van der Waals surface area contributed by atoms with Gasteiger partial charge < -0.3 is 9.72 Å². The van der Waals surface area contributed by atoms with E-state index in [9.17, 15) is 4.79 Å². The number of rotatable bonds is 7. The fraction of sp³-hybridized carbons (Fsp3) is 0.409. The van der Waals surface area contributed by atoms with Crippen molar-refractivity contribution in [2.45, 2.75) is 39.0 Å². The molecule has 1 aromatic carbocycles. The van der Waals surface area contributed by atoms with Crippen LogP contribution in [-0.2, 0) is 24.2 Å². The largest absolute Gasteiger partial charge is 0.376 e. The van der Waals surface area contributed by atoms with Crippen molar-refractivity contribution in [3.8, 4) is 11.4 Å². The van der Waals surface area contributed by atoms with Crippen LogP contribution in [0.1, 0.15) is 24.6 Å². The van der Waals surface area contributed by atoms with Crippen molar-refractivity contribution in [1.82, 2.24) is 24.6 Å². The molecule has 0 aliphatic carbocycles. The van der Waals surface area contributed by atoms with E-state index in [1.807, 2.05) is 29.1 Å². The van der Waals surface area contributed by atoms with Crippen molar-refractivity contribution in [2.24, 2.45) is 0 Å². The van der Waals surface area contributed by atoms with Crippen LogP contribution in [0, 0.1) is 0 Å². The van der Waals surface area contributed by atoms with Gasteiger partial charge in [0.2, 0.25) is 0 Å². The Hall–Kier alpha value is -2.77. The molecule has 3 aromatic rings. The summed E-state index contributed by atoms with van der Waals surface area (Å²) in [6.45, 7) is 6.51. The molecule has 7 heteroatoms. The summed E-state index contributed by atoms with van der Waals surface area (Å²) in [6.07, 6.45) is 5.70. The monoisotopic (exact) mass is 393 g/mol. The Morgan fingerprint density at radius 3 is 2.90 bits per heavy atom. The van der Waals surface area contributed by atoms with E-state index in [4.69, 9.17) is 4.74 Å². The van der Waals surface area contributed by atoms with Gasteiger partial charge in [-0.15, -0.1) is 0 Å². The van der Waals surface area contributed by atoms with Gasteiger partial charge in [-0.05, 0) is 18.1 Å². The molecule has 0 saturated carbocycles. The molecule has 1 atom stereocenters. The summed E-state index contributed by atoms with van der Waals surface area (Å²) in [5.41, 5.74) is 2.80. The van der Waals surface area contributed by atoms with Crippen LogP contribution in [0.25, 0.3) is 11.4 Å². The summed E-state index contributed by atoms with van der Waals surface area (Å²) >= 11 is 0. The van der Waals surface area contributed by atoms with E-state index in [0.29, 0.717) is 24.9 Å². The van der Waals surface area contributed by atoms with E-state index in [1.54, 1.807) is 12.3 Å². The van der Waals surface area contributed by atoms with Gasteiger partial charge in [0.15, 0.2) is 0 Å². The van der Waals surface area contributed by atoms with Crippen LogP contribution >= 0.6 is 0 Å². The first-order valence-corrected chi connectivity index (χ1v) is 10.2. The van der Waals surface area contributed by atoms with Crippen LogP contribution in [0.4, 0.5) is 0 Å². The second kappa shape index (κ2) is 9.15. The van der Waals surface area contributed by atoms with Crippen molar-refractivity contribution in [2.75, 3.05) is 19.7 Å². The number of ether oxygens (including phenoxy) is 1. The lowest BCUT2D eigenvalue weighted by atomic mass is 10.1. The zero-order valence-corrected chi connectivity index (χ0v) is 16.8. The molecular weight excluding hydrogens is 366 g/mol. The summed E-state index contributed by atoms with van der Waals surface area (Å²) in [6, 6.07) is 11.7. The van der Waals surface area contributed by atoms with Gasteiger partial charge in [0.05, 0.1) is 18.4 Å². The maximum Gasteiger partial charge on any atom is 0.251 e. The Labute approximate surface area is 170 Å². The highest BCUT2D eigenvalue weighted by Crippen LogP contribution is 2.17. The number of nitrogens with zero attached hydrogens (tertiary/aromatic N) is 4. The van der Waals surface area contributed by atoms with Gasteiger partial charge >= 0.3 is 0 Å². The SMILES string of the molecule is CC[C@H]1CN(Cc2ccc(-c3nc(CCn4cccn4)cc(=O)[nH]3)cc2)CCO1. The molecule has 1 N–H and O–H groups in total. The van der Waals surface area contributed by atoms with Crippen LogP contribution in [0.3, 0.4) is 0 Å². The smallest absolute Gasteiger partial charge is 0.251 e. The van der Waals surface area contributed by atoms with Gasteiger partial charge in [-0.2, -0.15) is 5.10 Å². The Bertz CT molecular complexity index is 966. The second-order valence-corrected chi connectivity index (χ2v) is 7.44. The molecule has 1 aliphatic rings. The Morgan fingerprint density at radius 1 is 1.28 bits per heavy atom. The van der Waals surface area contributed by atoms with Crippen molar-refractivity contribution < 1.29 is 4.74 Å². The molecule has 0 radical (unpaired) electrons. The molecule has 1 fully saturated rings. The van der Waals surface area contributed by atoms with Gasteiger partial charge in [0, 0.05) is 56.6 Å². The molecule has 3 heterocycles. The maximum atomic E-state index is 12.1. The molecule has 7 nitrogen and oxygen atoms in total. The minimum absolute atomic E-state index is 0.131. The van der Waals surface area contributed by atoms with E-state index in [2.05, 4.69) is 39.0 Å². The number of aromatic nitrogens is 4. The van der Waals surface area contributed by atoms with Crippen molar-refractivity contribution in [3.05, 3.63) is 70.4 Å². The Balaban J connectivity index is 1.43. The zero-order chi connectivity index (χ0) is 20.1. The van der Waals surface area contributed by atoms with Crippen molar-refractivity contribution in [3.63, 3.8) is 0 Å². The summed E-state index contributed by atoms with van der Waals surface area (Å²) < 4.78 is 7.59. The third kappa shape index (κ3) is 5.19. The number of nitrogens with one attached hydrogen (secondary N) is 1. The standard InChI is InChI=1S/C22H27N5O2/c1-2-20-16-26(12-13-29-20)15-17-4-6-18(7-5-17)22-24-19(14-21(28)25-22)8-11-27-10-3-9-23-27/h3-7,9-10,14,20H,2,8,11-13,15-16H2,1H3,(H,24,25,28)/t20-/m0/s1. The molecule has 4 rings (SSSR count). The lowest BCUT2D eigenvalue weighted by molar-refractivity contribution is -0.0324. The topological polar surface area (TPSA) is 76.0 Å². The average Bonchev–Trinajstić information content (AvgIpc) is 3.26. The number of aromatic amines is 1. The van der Waals surface area contributed by atoms with E-state index in [0.717, 1.165) is 43.9 Å². The first-order chi connectivity index (χ1) is 14.2. The number of aryl methyl sites for hydroxylation is 2. The first kappa shape index (κ1) is 19.5. The third-order valence-electron chi connectivity index (χ3n) is 5.26. The first-order valence-electron chi connectivity index (χ1n) is 10.2. The van der Waals surface area contributed by atoms with Crippen molar-refractivity contribution in [1.29, 1.82) is 0 Å². The fourth-order valence-corrected chi connectivity index (χ4v) is 3.63. The fourth-order valence-electron chi connectivity index (χ4n) is 3.63. The van der Waals surface area contributed by atoms with Gasteiger partial charge in [-0.1, -0.05) is 31.2 Å². The van der Waals surface area contributed by atoms with E-state index in [1.165, 1.54) is 5.56 Å². The lowest BCUT2D eigenvalue weighted by Gasteiger charge is -2.32. The van der Waals surface area contributed by atoms with Crippen LogP contribution < -0.4 is 5.56 Å². The molecule has 1 aliphatic heterocycles. The minimum Gasteiger partial charge on any atom is -0.376 e. The Kier molecular flexibility index (Phi) is 6.17. The van der Waals surface area contributed by atoms with Crippen LogP contribution in [0.2, 0.25) is 0 Å². The predicted molar refractivity (Wildman–Crippen MR) is 112 cm³/mol. The van der Waals surface area contributed by atoms with Crippen molar-refractivity contribution >= 4 is 0 Å². The highest BCUT2D eigenvalue weighted by molar-refractivity contribution is 5.55. The number of hydrogen-bond acceptors (Lipinski definition) is 5. The average molecular weight is 393 g/mol. The summed E-state index contributed by atoms with van der Waals surface area (Å²) in [4.78, 5) is 22.0. The normalized spacial score (nSPS) is 17.5. The molecule has 1 saturated heterocycles. The highest BCUT2D eigenvalue weighted by atomic mass is 16.5. The van der Waals surface area contributed by atoms with Gasteiger partial charge in [0.25, 0.3) is 5.56 Å². The maximum absolute atomic E-state index is 12.1. The number of morpholine rings is 1. The third-order valence-corrected chi connectivity index (χ3v) is 5.26. The molecule has 29 heavy (non-hydrogen) atoms. The van der Waals surface area contributed by atoms with Gasteiger partial charge in [-0.25, -0.2) is 4.98 Å². The highest BCUT2D eigenvalue weighted by Gasteiger charge is 2.18. The van der Waals surface area contributed by atoms with Gasteiger partial charge in [-0.3, -0.25) is 14.4 Å². The summed E-state index contributed by atoms with van der Waals surface area (Å²) in [5.74, 6) is 0.608. The number of benzene rings is 1. The molecule has 0 bridgehead atoms. The molecule has 0 spiro atoms. The molecule has 2 aromatic heterocycles. The lowest BCUT2D eigenvalue weighted by Crippen LogP contribution is -2.41. The van der Waals surface area contributed by atoms with Crippen LogP contribution in [-0.4, -0.2) is 50.4 Å². The van der Waals surface area contributed by atoms with Gasteiger partial charge in [0.1, 0.15) is 5.82 Å². The van der Waals surface area contributed by atoms with Crippen LogP contribution in [0.15, 0.2) is 53.6 Å². The van der Waals surface area contributed by atoms with E-state index in [-0.39, 0.29) is 5.56 Å². The molecule has 152 valence electrons. The van der Waals surface area contributed by atoms with E-state index >= 15 is 0 Å². The summed E-state index contributed by atoms with van der Waals surface area (Å²) in [7, 11) is 0. The van der Waals surface area contributed by atoms with E-state index < -0.39 is 0 Å². The predicted octanol–water partition coefficient (Wildman–Crippen LogP) is 2.49. The minimum atomic E-state index is -0.131. The quantitative estimate of drug-likeness (QED) is 0.667. The summed E-state index contributed by atoms with van der Waals surface area (Å²) in [5, 5.41) is 4.19. The second-order valence-electron chi connectivity index (χ2n) is 7.44.